The molecule has 0 amide bonds. The maximum absolute atomic E-state index is 5.44. The molecule has 0 saturated carbocycles. The van der Waals surface area contributed by atoms with Crippen molar-refractivity contribution in [1.82, 2.24) is 4.98 Å². The maximum atomic E-state index is 5.44. The topological polar surface area (TPSA) is 25.0 Å². The van der Waals surface area contributed by atoms with Crippen LogP contribution < -0.4 is 4.74 Å². The molecule has 1 heterocycles. The van der Waals surface area contributed by atoms with Crippen molar-refractivity contribution in [3.63, 3.8) is 0 Å². The Bertz CT molecular complexity index is 967. The molecule has 1 N–H and O–H groups in total. The Morgan fingerprint density at radius 1 is 0.864 bits per heavy atom. The van der Waals surface area contributed by atoms with Gasteiger partial charge in [-0.05, 0) is 24.1 Å². The van der Waals surface area contributed by atoms with Crippen molar-refractivity contribution in [2.24, 2.45) is 0 Å². The number of nitrogens with one attached hydrogen (secondary N) is 1. The van der Waals surface area contributed by atoms with Gasteiger partial charge in [0.05, 0.1) is 18.1 Å². The Kier molecular flexibility index (Phi) is 2.90. The Hall–Kier alpha value is -2.74. The van der Waals surface area contributed by atoms with Gasteiger partial charge in [-0.25, -0.2) is 0 Å². The van der Waals surface area contributed by atoms with Crippen molar-refractivity contribution in [2.45, 2.75) is 6.92 Å². The molecule has 0 bridgehead atoms. The summed E-state index contributed by atoms with van der Waals surface area (Å²) >= 11 is 0. The number of methoxy groups -OCH3 is 1. The zero-order valence-corrected chi connectivity index (χ0v) is 12.7. The SMILES string of the molecule is COc1cc2[nH]c3c(-c4ccccc4)cccc3c2cc1C. The molecule has 0 saturated heterocycles. The Morgan fingerprint density at radius 2 is 1.68 bits per heavy atom. The smallest absolute Gasteiger partial charge is 0.123 e. The second-order valence-corrected chi connectivity index (χ2v) is 5.59. The molecular weight excluding hydrogens is 270 g/mol. The molecule has 0 aliphatic rings. The highest BCUT2D eigenvalue weighted by molar-refractivity contribution is 6.12. The minimum atomic E-state index is 0.917. The van der Waals surface area contributed by atoms with E-state index in [9.17, 15) is 0 Å². The predicted molar refractivity (Wildman–Crippen MR) is 92.5 cm³/mol. The summed E-state index contributed by atoms with van der Waals surface area (Å²) in [5.74, 6) is 0.917. The van der Waals surface area contributed by atoms with Crippen LogP contribution in [-0.2, 0) is 0 Å². The van der Waals surface area contributed by atoms with E-state index in [0.717, 1.165) is 16.8 Å². The van der Waals surface area contributed by atoms with Crippen molar-refractivity contribution in [2.75, 3.05) is 7.11 Å². The third kappa shape index (κ3) is 1.88. The van der Waals surface area contributed by atoms with E-state index in [1.807, 2.05) is 6.07 Å². The van der Waals surface area contributed by atoms with Crippen LogP contribution >= 0.6 is 0 Å². The van der Waals surface area contributed by atoms with E-state index in [4.69, 9.17) is 4.74 Å². The average molecular weight is 287 g/mol. The van der Waals surface area contributed by atoms with E-state index in [1.165, 1.54) is 27.4 Å². The van der Waals surface area contributed by atoms with Crippen molar-refractivity contribution < 1.29 is 4.74 Å². The van der Waals surface area contributed by atoms with Gasteiger partial charge in [-0.3, -0.25) is 0 Å². The zero-order chi connectivity index (χ0) is 15.1. The molecule has 2 heteroatoms. The van der Waals surface area contributed by atoms with E-state index in [2.05, 4.69) is 66.5 Å². The summed E-state index contributed by atoms with van der Waals surface area (Å²) in [6, 6.07) is 21.2. The van der Waals surface area contributed by atoms with Crippen LogP contribution in [0.1, 0.15) is 5.56 Å². The number of aromatic nitrogens is 1. The van der Waals surface area contributed by atoms with Crippen molar-refractivity contribution in [1.29, 1.82) is 0 Å². The molecule has 1 aromatic heterocycles. The van der Waals surface area contributed by atoms with Crippen LogP contribution in [0.3, 0.4) is 0 Å². The van der Waals surface area contributed by atoms with E-state index in [-0.39, 0.29) is 0 Å². The lowest BCUT2D eigenvalue weighted by Gasteiger charge is -2.04. The van der Waals surface area contributed by atoms with Gasteiger partial charge in [-0.2, -0.15) is 0 Å². The molecule has 108 valence electrons. The summed E-state index contributed by atoms with van der Waals surface area (Å²) < 4.78 is 5.44. The highest BCUT2D eigenvalue weighted by atomic mass is 16.5. The average Bonchev–Trinajstić information content (AvgIpc) is 2.92. The number of aromatic amines is 1. The third-order valence-electron chi connectivity index (χ3n) is 4.23. The lowest BCUT2D eigenvalue weighted by molar-refractivity contribution is 0.412. The number of rotatable bonds is 2. The van der Waals surface area contributed by atoms with Gasteiger partial charge in [-0.15, -0.1) is 0 Å². The Morgan fingerprint density at radius 3 is 2.45 bits per heavy atom. The highest BCUT2D eigenvalue weighted by Crippen LogP contribution is 2.35. The monoisotopic (exact) mass is 287 g/mol. The molecule has 3 aromatic carbocycles. The molecule has 0 aliphatic heterocycles. The molecule has 4 aromatic rings. The van der Waals surface area contributed by atoms with Gasteiger partial charge in [0.1, 0.15) is 5.75 Å². The Labute approximate surface area is 129 Å². The maximum Gasteiger partial charge on any atom is 0.123 e. The second-order valence-electron chi connectivity index (χ2n) is 5.59. The molecule has 22 heavy (non-hydrogen) atoms. The first-order chi connectivity index (χ1) is 10.8. The zero-order valence-electron chi connectivity index (χ0n) is 12.7. The first kappa shape index (κ1) is 13.0. The lowest BCUT2D eigenvalue weighted by Crippen LogP contribution is -1.86. The summed E-state index contributed by atoms with van der Waals surface area (Å²) in [4.78, 5) is 3.57. The number of fused-ring (bicyclic) bond motifs is 3. The highest BCUT2D eigenvalue weighted by Gasteiger charge is 2.11. The number of hydrogen-bond acceptors (Lipinski definition) is 1. The molecule has 0 radical (unpaired) electrons. The third-order valence-corrected chi connectivity index (χ3v) is 4.23. The van der Waals surface area contributed by atoms with Crippen molar-refractivity contribution in [3.05, 3.63) is 66.2 Å². The van der Waals surface area contributed by atoms with E-state index < -0.39 is 0 Å². The summed E-state index contributed by atoms with van der Waals surface area (Å²) in [5.41, 5.74) is 5.90. The normalized spacial score (nSPS) is 11.2. The molecule has 2 nitrogen and oxygen atoms in total. The van der Waals surface area contributed by atoms with Gasteiger partial charge in [0, 0.05) is 22.4 Å². The molecule has 0 unspecified atom stereocenters. The first-order valence-electron chi connectivity index (χ1n) is 7.42. The quantitative estimate of drug-likeness (QED) is 0.531. The number of ether oxygens (including phenoxy) is 1. The van der Waals surface area contributed by atoms with Crippen LogP contribution in [0.25, 0.3) is 32.9 Å². The molecule has 0 spiro atoms. The van der Waals surface area contributed by atoms with Gasteiger partial charge >= 0.3 is 0 Å². The number of H-pyrrole nitrogens is 1. The van der Waals surface area contributed by atoms with Gasteiger partial charge in [-0.1, -0.05) is 48.5 Å². The van der Waals surface area contributed by atoms with E-state index in [0.29, 0.717) is 0 Å². The van der Waals surface area contributed by atoms with Crippen LogP contribution in [0.5, 0.6) is 5.75 Å². The summed E-state index contributed by atoms with van der Waals surface area (Å²) in [7, 11) is 1.71. The Balaban J connectivity index is 2.07. The van der Waals surface area contributed by atoms with E-state index in [1.54, 1.807) is 7.11 Å². The fourth-order valence-corrected chi connectivity index (χ4v) is 3.14. The van der Waals surface area contributed by atoms with Crippen LogP contribution in [0.15, 0.2) is 60.7 Å². The summed E-state index contributed by atoms with van der Waals surface area (Å²) in [6.45, 7) is 2.08. The summed E-state index contributed by atoms with van der Waals surface area (Å²) in [6.07, 6.45) is 0. The van der Waals surface area contributed by atoms with Gasteiger partial charge in [0.25, 0.3) is 0 Å². The van der Waals surface area contributed by atoms with Crippen LogP contribution in [-0.4, -0.2) is 12.1 Å². The molecule has 0 atom stereocenters. The molecule has 4 rings (SSSR count). The number of benzene rings is 3. The number of hydrogen-bond donors (Lipinski definition) is 1. The molecule has 0 aliphatic carbocycles. The summed E-state index contributed by atoms with van der Waals surface area (Å²) in [5, 5.41) is 2.49. The lowest BCUT2D eigenvalue weighted by atomic mass is 10.0. The van der Waals surface area contributed by atoms with Crippen molar-refractivity contribution in [3.8, 4) is 16.9 Å². The fourth-order valence-electron chi connectivity index (χ4n) is 3.14. The molecular formula is C20H17NO. The van der Waals surface area contributed by atoms with Gasteiger partial charge in [0.2, 0.25) is 0 Å². The van der Waals surface area contributed by atoms with Crippen LogP contribution in [0, 0.1) is 6.92 Å². The predicted octanol–water partition coefficient (Wildman–Crippen LogP) is 5.31. The van der Waals surface area contributed by atoms with Gasteiger partial charge < -0.3 is 9.72 Å². The first-order valence-corrected chi connectivity index (χ1v) is 7.42. The number of para-hydroxylation sites is 1. The largest absolute Gasteiger partial charge is 0.496 e. The van der Waals surface area contributed by atoms with Crippen LogP contribution in [0.4, 0.5) is 0 Å². The number of aryl methyl sites for hydroxylation is 1. The fraction of sp³-hybridized carbons (Fsp3) is 0.100. The van der Waals surface area contributed by atoms with E-state index >= 15 is 0 Å². The standard InChI is InChI=1S/C20H17NO/c1-13-11-17-16-10-6-9-15(14-7-4-3-5-8-14)20(16)21-18(17)12-19(13)22-2/h3-12,21H,1-2H3. The molecule has 0 fully saturated rings. The minimum Gasteiger partial charge on any atom is -0.496 e. The van der Waals surface area contributed by atoms with Crippen molar-refractivity contribution >= 4 is 21.8 Å². The van der Waals surface area contributed by atoms with Crippen LogP contribution in [0.2, 0.25) is 0 Å². The second kappa shape index (κ2) is 4.92. The van der Waals surface area contributed by atoms with Gasteiger partial charge in [0.15, 0.2) is 0 Å². The minimum absolute atomic E-state index is 0.917.